The molecule has 1 aromatic heterocycles. The van der Waals surface area contributed by atoms with Crippen molar-refractivity contribution in [3.05, 3.63) is 30.1 Å². The minimum Gasteiger partial charge on any atom is -0.329 e. The van der Waals surface area contributed by atoms with Crippen molar-refractivity contribution in [3.63, 3.8) is 0 Å². The highest BCUT2D eigenvalue weighted by Gasteiger charge is 2.46. The third kappa shape index (κ3) is 3.46. The van der Waals surface area contributed by atoms with Gasteiger partial charge in [-0.05, 0) is 54.8 Å². The summed E-state index contributed by atoms with van der Waals surface area (Å²) in [7, 11) is 0. The van der Waals surface area contributed by atoms with Crippen molar-refractivity contribution < 1.29 is 0 Å². The molecule has 1 saturated carbocycles. The van der Waals surface area contributed by atoms with Crippen LogP contribution < -0.4 is 5.73 Å². The lowest BCUT2D eigenvalue weighted by atomic mass is 9.63. The van der Waals surface area contributed by atoms with Crippen LogP contribution in [0.1, 0.15) is 52.5 Å². The summed E-state index contributed by atoms with van der Waals surface area (Å²) in [5.74, 6) is 0.632. The van der Waals surface area contributed by atoms with E-state index in [-0.39, 0.29) is 5.54 Å². The molecule has 3 heteroatoms. The topological polar surface area (TPSA) is 42.2 Å². The summed E-state index contributed by atoms with van der Waals surface area (Å²) in [6.45, 7) is 12.2. The fourth-order valence-electron chi connectivity index (χ4n) is 4.12. The van der Waals surface area contributed by atoms with Crippen LogP contribution in [0.5, 0.6) is 0 Å². The number of nitrogens with two attached hydrogens (primary N) is 1. The van der Waals surface area contributed by atoms with Gasteiger partial charge < -0.3 is 5.73 Å². The molecule has 1 aliphatic carbocycles. The first-order chi connectivity index (χ1) is 9.93. The van der Waals surface area contributed by atoms with Crippen molar-refractivity contribution in [2.75, 3.05) is 13.1 Å². The smallest absolute Gasteiger partial charge is 0.0361 e. The average Bonchev–Trinajstić information content (AvgIpc) is 2.46. The van der Waals surface area contributed by atoms with Crippen LogP contribution in [0.3, 0.4) is 0 Å². The van der Waals surface area contributed by atoms with Crippen LogP contribution in [0, 0.1) is 11.3 Å². The molecule has 0 aliphatic heterocycles. The predicted octanol–water partition coefficient (Wildman–Crippen LogP) is 3.45. The minimum absolute atomic E-state index is 0.146. The maximum atomic E-state index is 6.29. The van der Waals surface area contributed by atoms with E-state index < -0.39 is 0 Å². The molecular formula is C18H31N3. The summed E-state index contributed by atoms with van der Waals surface area (Å²) in [6, 6.07) is 4.23. The zero-order valence-corrected chi connectivity index (χ0v) is 14.1. The molecule has 1 heterocycles. The second kappa shape index (κ2) is 6.45. The third-order valence-corrected chi connectivity index (χ3v) is 5.50. The highest BCUT2D eigenvalue weighted by Crippen LogP contribution is 2.46. The van der Waals surface area contributed by atoms with E-state index in [9.17, 15) is 0 Å². The molecule has 1 aromatic rings. The number of nitrogens with zero attached hydrogens (tertiary/aromatic N) is 2. The number of aromatic nitrogens is 1. The molecular weight excluding hydrogens is 258 g/mol. The molecule has 0 saturated heterocycles. The largest absolute Gasteiger partial charge is 0.329 e. The second-order valence-corrected chi connectivity index (χ2v) is 7.45. The van der Waals surface area contributed by atoms with Crippen LogP contribution in [-0.4, -0.2) is 28.5 Å². The number of rotatable bonds is 5. The van der Waals surface area contributed by atoms with E-state index in [0.29, 0.717) is 11.3 Å². The zero-order chi connectivity index (χ0) is 15.5. The Labute approximate surface area is 129 Å². The number of hydrogen-bond acceptors (Lipinski definition) is 3. The minimum atomic E-state index is 0.146. The highest BCUT2D eigenvalue weighted by molar-refractivity contribution is 5.12. The predicted molar refractivity (Wildman–Crippen MR) is 88.9 cm³/mol. The molecule has 2 atom stereocenters. The molecule has 21 heavy (non-hydrogen) atoms. The average molecular weight is 289 g/mol. The van der Waals surface area contributed by atoms with Gasteiger partial charge in [0.2, 0.25) is 0 Å². The van der Waals surface area contributed by atoms with Gasteiger partial charge >= 0.3 is 0 Å². The first-order valence-corrected chi connectivity index (χ1v) is 8.27. The summed E-state index contributed by atoms with van der Waals surface area (Å²) < 4.78 is 0. The Balaban J connectivity index is 2.21. The zero-order valence-electron chi connectivity index (χ0n) is 14.1. The molecule has 118 valence electrons. The van der Waals surface area contributed by atoms with E-state index in [0.717, 1.165) is 19.6 Å². The number of likely N-dealkylation sites (N-methyl/N-ethyl adjacent to an activating group) is 1. The van der Waals surface area contributed by atoms with E-state index in [2.05, 4.69) is 49.7 Å². The number of hydrogen-bond donors (Lipinski definition) is 1. The molecule has 1 aliphatic rings. The van der Waals surface area contributed by atoms with Crippen LogP contribution in [0.25, 0.3) is 0 Å². The Bertz CT molecular complexity index is 443. The van der Waals surface area contributed by atoms with Gasteiger partial charge in [-0.1, -0.05) is 27.7 Å². The van der Waals surface area contributed by atoms with Gasteiger partial charge in [-0.2, -0.15) is 0 Å². The lowest BCUT2D eigenvalue weighted by Gasteiger charge is -2.53. The van der Waals surface area contributed by atoms with Crippen LogP contribution in [0.4, 0.5) is 0 Å². The standard InChI is InChI=1S/C18H31N3/c1-5-21(13-16-6-10-20-11-7-16)18(14-19)9-8-17(3,4)12-15(18)2/h6-7,10-11,15H,5,8-9,12-14,19H2,1-4H3. The van der Waals surface area contributed by atoms with E-state index >= 15 is 0 Å². The lowest BCUT2D eigenvalue weighted by molar-refractivity contribution is -0.0246. The molecule has 2 N–H and O–H groups in total. The fraction of sp³-hybridized carbons (Fsp3) is 0.722. The second-order valence-electron chi connectivity index (χ2n) is 7.45. The fourth-order valence-corrected chi connectivity index (χ4v) is 4.12. The van der Waals surface area contributed by atoms with Crippen molar-refractivity contribution in [3.8, 4) is 0 Å². The van der Waals surface area contributed by atoms with Crippen LogP contribution in [0.15, 0.2) is 24.5 Å². The molecule has 0 bridgehead atoms. The molecule has 2 rings (SSSR count). The van der Waals surface area contributed by atoms with Crippen molar-refractivity contribution in [1.82, 2.24) is 9.88 Å². The van der Waals surface area contributed by atoms with Crippen molar-refractivity contribution in [1.29, 1.82) is 0 Å². The molecule has 3 nitrogen and oxygen atoms in total. The van der Waals surface area contributed by atoms with Gasteiger partial charge in [-0.3, -0.25) is 9.88 Å². The Kier molecular flexibility index (Phi) is 5.05. The molecule has 0 radical (unpaired) electrons. The summed E-state index contributed by atoms with van der Waals surface area (Å²) in [5, 5.41) is 0. The highest BCUT2D eigenvalue weighted by atomic mass is 15.2. The maximum Gasteiger partial charge on any atom is 0.0361 e. The summed E-state index contributed by atoms with van der Waals surface area (Å²) in [4.78, 5) is 6.72. The maximum absolute atomic E-state index is 6.29. The SMILES string of the molecule is CCN(Cc1ccncc1)C1(CN)CCC(C)(C)CC1C. The monoisotopic (exact) mass is 289 g/mol. The molecule has 1 fully saturated rings. The number of pyridine rings is 1. The first kappa shape index (κ1) is 16.4. The van der Waals surface area contributed by atoms with E-state index in [4.69, 9.17) is 5.73 Å². The van der Waals surface area contributed by atoms with Crippen molar-refractivity contribution >= 4 is 0 Å². The molecule has 0 spiro atoms. The lowest BCUT2D eigenvalue weighted by Crippen LogP contribution is -2.60. The van der Waals surface area contributed by atoms with Gasteiger partial charge in [0.25, 0.3) is 0 Å². The van der Waals surface area contributed by atoms with Crippen LogP contribution >= 0.6 is 0 Å². The quantitative estimate of drug-likeness (QED) is 0.903. The van der Waals surface area contributed by atoms with Gasteiger partial charge in [0.05, 0.1) is 0 Å². The molecule has 0 amide bonds. The summed E-state index contributed by atoms with van der Waals surface area (Å²) in [5.41, 5.74) is 8.22. The first-order valence-electron chi connectivity index (χ1n) is 8.27. The molecule has 0 aromatic carbocycles. The van der Waals surface area contributed by atoms with Gasteiger partial charge in [0, 0.05) is 31.0 Å². The van der Waals surface area contributed by atoms with Crippen LogP contribution in [-0.2, 0) is 6.54 Å². The Morgan fingerprint density at radius 1 is 1.29 bits per heavy atom. The van der Waals surface area contributed by atoms with Gasteiger partial charge in [-0.25, -0.2) is 0 Å². The normalized spacial score (nSPS) is 28.8. The molecule has 2 unspecified atom stereocenters. The summed E-state index contributed by atoms with van der Waals surface area (Å²) in [6.07, 6.45) is 7.49. The van der Waals surface area contributed by atoms with Gasteiger partial charge in [0.15, 0.2) is 0 Å². The Hall–Kier alpha value is -0.930. The van der Waals surface area contributed by atoms with E-state index in [1.54, 1.807) is 0 Å². The summed E-state index contributed by atoms with van der Waals surface area (Å²) >= 11 is 0. The third-order valence-electron chi connectivity index (χ3n) is 5.50. The van der Waals surface area contributed by atoms with E-state index in [1.165, 1.54) is 24.8 Å². The van der Waals surface area contributed by atoms with Crippen LogP contribution in [0.2, 0.25) is 0 Å². The van der Waals surface area contributed by atoms with Gasteiger partial charge in [-0.15, -0.1) is 0 Å². The Morgan fingerprint density at radius 2 is 1.95 bits per heavy atom. The van der Waals surface area contributed by atoms with Crippen molar-refractivity contribution in [2.45, 2.75) is 59.0 Å². The van der Waals surface area contributed by atoms with Gasteiger partial charge in [0.1, 0.15) is 0 Å². The van der Waals surface area contributed by atoms with E-state index in [1.807, 2.05) is 12.4 Å². The Morgan fingerprint density at radius 3 is 2.48 bits per heavy atom. The van der Waals surface area contributed by atoms with Crippen molar-refractivity contribution in [2.24, 2.45) is 17.1 Å².